The molecule has 4 heteroatoms. The van der Waals surface area contributed by atoms with Crippen LogP contribution in [0.2, 0.25) is 0 Å². The van der Waals surface area contributed by atoms with Crippen molar-refractivity contribution in [1.82, 2.24) is 5.32 Å². The van der Waals surface area contributed by atoms with Gasteiger partial charge in [-0.25, -0.2) is 4.79 Å². The fourth-order valence-corrected chi connectivity index (χ4v) is 2.77. The second-order valence-electron chi connectivity index (χ2n) is 5.60. The Balaban J connectivity index is 1.88. The van der Waals surface area contributed by atoms with Crippen molar-refractivity contribution in [2.45, 2.75) is 45.3 Å². The summed E-state index contributed by atoms with van der Waals surface area (Å²) in [5.74, 6) is 0.564. The number of methoxy groups -OCH3 is 1. The average Bonchev–Trinajstić information content (AvgIpc) is 2.42. The van der Waals surface area contributed by atoms with Gasteiger partial charge in [0, 0.05) is 18.8 Å². The minimum absolute atomic E-state index is 0.113. The maximum Gasteiger partial charge on any atom is 0.319 e. The largest absolute Gasteiger partial charge is 0.380 e. The Kier molecular flexibility index (Phi) is 5.41. The summed E-state index contributed by atoms with van der Waals surface area (Å²) >= 11 is 0. The Morgan fingerprint density at radius 1 is 1.35 bits per heavy atom. The molecule has 2 N–H and O–H groups in total. The van der Waals surface area contributed by atoms with Gasteiger partial charge in [0.25, 0.3) is 0 Å². The molecule has 0 bridgehead atoms. The third-order valence-corrected chi connectivity index (χ3v) is 3.92. The van der Waals surface area contributed by atoms with Gasteiger partial charge in [0.2, 0.25) is 0 Å². The van der Waals surface area contributed by atoms with E-state index in [0.717, 1.165) is 17.7 Å². The SMILES string of the molecule is COCc1cccc(NC(=O)NC2CCCCC2C)c1. The maximum atomic E-state index is 12.0. The highest BCUT2D eigenvalue weighted by Gasteiger charge is 2.22. The van der Waals surface area contributed by atoms with Crippen LogP contribution < -0.4 is 10.6 Å². The van der Waals surface area contributed by atoms with Crippen LogP contribution >= 0.6 is 0 Å². The van der Waals surface area contributed by atoms with Crippen LogP contribution in [0, 0.1) is 5.92 Å². The second kappa shape index (κ2) is 7.29. The van der Waals surface area contributed by atoms with Gasteiger partial charge in [0.1, 0.15) is 0 Å². The number of ether oxygens (including phenoxy) is 1. The Morgan fingerprint density at radius 3 is 2.90 bits per heavy atom. The summed E-state index contributed by atoms with van der Waals surface area (Å²) < 4.78 is 5.10. The van der Waals surface area contributed by atoms with E-state index < -0.39 is 0 Å². The van der Waals surface area contributed by atoms with E-state index in [-0.39, 0.29) is 6.03 Å². The normalized spacial score (nSPS) is 22.3. The van der Waals surface area contributed by atoms with Crippen LogP contribution in [0.5, 0.6) is 0 Å². The molecule has 20 heavy (non-hydrogen) atoms. The van der Waals surface area contributed by atoms with Crippen molar-refractivity contribution >= 4 is 11.7 Å². The zero-order chi connectivity index (χ0) is 14.4. The lowest BCUT2D eigenvalue weighted by molar-refractivity contribution is 0.185. The van der Waals surface area contributed by atoms with Crippen molar-refractivity contribution in [3.8, 4) is 0 Å². The zero-order valence-electron chi connectivity index (χ0n) is 12.3. The molecule has 1 saturated carbocycles. The van der Waals surface area contributed by atoms with Crippen LogP contribution in [-0.4, -0.2) is 19.2 Å². The Hall–Kier alpha value is -1.55. The predicted octanol–water partition coefficient (Wildman–Crippen LogP) is 3.53. The molecule has 110 valence electrons. The van der Waals surface area contributed by atoms with Gasteiger partial charge >= 0.3 is 6.03 Å². The highest BCUT2D eigenvalue weighted by atomic mass is 16.5. The maximum absolute atomic E-state index is 12.0. The first-order valence-electron chi connectivity index (χ1n) is 7.34. The summed E-state index contributed by atoms with van der Waals surface area (Å²) in [5.41, 5.74) is 1.86. The Bertz CT molecular complexity index is 448. The van der Waals surface area contributed by atoms with E-state index in [1.807, 2.05) is 24.3 Å². The molecule has 4 nitrogen and oxygen atoms in total. The number of amides is 2. The summed E-state index contributed by atoms with van der Waals surface area (Å²) in [6.45, 7) is 2.76. The Morgan fingerprint density at radius 2 is 2.15 bits per heavy atom. The molecule has 1 aromatic rings. The second-order valence-corrected chi connectivity index (χ2v) is 5.60. The van der Waals surface area contributed by atoms with Crippen molar-refractivity contribution < 1.29 is 9.53 Å². The number of urea groups is 1. The molecule has 0 heterocycles. The fourth-order valence-electron chi connectivity index (χ4n) is 2.77. The lowest BCUT2D eigenvalue weighted by atomic mass is 9.86. The molecule has 2 atom stereocenters. The molecule has 2 amide bonds. The van der Waals surface area contributed by atoms with Gasteiger partial charge in [-0.15, -0.1) is 0 Å². The fraction of sp³-hybridized carbons (Fsp3) is 0.562. The predicted molar refractivity (Wildman–Crippen MR) is 80.7 cm³/mol. The number of carbonyl (C=O) groups is 1. The number of benzene rings is 1. The van der Waals surface area contributed by atoms with E-state index in [0.29, 0.717) is 18.6 Å². The number of carbonyl (C=O) groups excluding carboxylic acids is 1. The topological polar surface area (TPSA) is 50.4 Å². The van der Waals surface area contributed by atoms with E-state index in [9.17, 15) is 4.79 Å². The zero-order valence-corrected chi connectivity index (χ0v) is 12.3. The van der Waals surface area contributed by atoms with E-state index in [4.69, 9.17) is 4.74 Å². The first kappa shape index (κ1) is 14.9. The van der Waals surface area contributed by atoms with Crippen LogP contribution in [0.15, 0.2) is 24.3 Å². The van der Waals surface area contributed by atoms with Gasteiger partial charge in [0.15, 0.2) is 0 Å². The molecular weight excluding hydrogens is 252 g/mol. The van der Waals surface area contributed by atoms with E-state index in [1.165, 1.54) is 19.3 Å². The Labute approximate surface area is 120 Å². The molecule has 0 aliphatic heterocycles. The molecule has 1 aliphatic carbocycles. The molecule has 2 unspecified atom stereocenters. The van der Waals surface area contributed by atoms with Crippen LogP contribution in [0.4, 0.5) is 10.5 Å². The van der Waals surface area contributed by atoms with Crippen molar-refractivity contribution in [3.63, 3.8) is 0 Å². The number of anilines is 1. The number of hydrogen-bond acceptors (Lipinski definition) is 2. The summed E-state index contributed by atoms with van der Waals surface area (Å²) in [6.07, 6.45) is 4.77. The van der Waals surface area contributed by atoms with Gasteiger partial charge in [-0.3, -0.25) is 0 Å². The quantitative estimate of drug-likeness (QED) is 0.883. The van der Waals surface area contributed by atoms with Gasteiger partial charge in [-0.2, -0.15) is 0 Å². The number of hydrogen-bond donors (Lipinski definition) is 2. The number of rotatable bonds is 4. The summed E-state index contributed by atoms with van der Waals surface area (Å²) in [6, 6.07) is 7.92. The van der Waals surface area contributed by atoms with Crippen LogP contribution in [0.1, 0.15) is 38.2 Å². The third-order valence-electron chi connectivity index (χ3n) is 3.92. The molecular formula is C16H24N2O2. The van der Waals surface area contributed by atoms with Crippen LogP contribution in [-0.2, 0) is 11.3 Å². The van der Waals surface area contributed by atoms with Gasteiger partial charge in [0.05, 0.1) is 6.61 Å². The van der Waals surface area contributed by atoms with Crippen LogP contribution in [0.25, 0.3) is 0 Å². The first-order chi connectivity index (χ1) is 9.69. The molecule has 0 saturated heterocycles. The highest BCUT2D eigenvalue weighted by Crippen LogP contribution is 2.23. The van der Waals surface area contributed by atoms with Crippen LogP contribution in [0.3, 0.4) is 0 Å². The minimum atomic E-state index is -0.113. The summed E-state index contributed by atoms with van der Waals surface area (Å²) in [7, 11) is 1.66. The molecule has 2 rings (SSSR count). The van der Waals surface area contributed by atoms with Crippen molar-refractivity contribution in [2.24, 2.45) is 5.92 Å². The van der Waals surface area contributed by atoms with Gasteiger partial charge in [-0.1, -0.05) is 31.9 Å². The summed E-state index contributed by atoms with van der Waals surface area (Å²) in [4.78, 5) is 12.0. The van der Waals surface area contributed by atoms with E-state index in [1.54, 1.807) is 7.11 Å². The van der Waals surface area contributed by atoms with Gasteiger partial charge < -0.3 is 15.4 Å². The average molecular weight is 276 g/mol. The van der Waals surface area contributed by atoms with Crippen molar-refractivity contribution in [1.29, 1.82) is 0 Å². The lowest BCUT2D eigenvalue weighted by Gasteiger charge is -2.29. The molecule has 0 spiro atoms. The van der Waals surface area contributed by atoms with E-state index >= 15 is 0 Å². The van der Waals surface area contributed by atoms with Crippen molar-refractivity contribution in [3.05, 3.63) is 29.8 Å². The molecule has 1 fully saturated rings. The van der Waals surface area contributed by atoms with Crippen molar-refractivity contribution in [2.75, 3.05) is 12.4 Å². The highest BCUT2D eigenvalue weighted by molar-refractivity contribution is 5.89. The molecule has 0 aromatic heterocycles. The minimum Gasteiger partial charge on any atom is -0.380 e. The lowest BCUT2D eigenvalue weighted by Crippen LogP contribution is -2.43. The smallest absolute Gasteiger partial charge is 0.319 e. The number of nitrogens with one attached hydrogen (secondary N) is 2. The standard InChI is InChI=1S/C16H24N2O2/c1-12-6-3-4-9-15(12)18-16(19)17-14-8-5-7-13(10-14)11-20-2/h5,7-8,10,12,15H,3-4,6,9,11H2,1-2H3,(H2,17,18,19). The molecule has 0 radical (unpaired) electrons. The van der Waals surface area contributed by atoms with Gasteiger partial charge in [-0.05, 0) is 36.5 Å². The monoisotopic (exact) mass is 276 g/mol. The molecule has 1 aromatic carbocycles. The summed E-state index contributed by atoms with van der Waals surface area (Å²) in [5, 5.41) is 5.99. The third kappa shape index (κ3) is 4.23. The van der Waals surface area contributed by atoms with E-state index in [2.05, 4.69) is 17.6 Å². The first-order valence-corrected chi connectivity index (χ1v) is 7.34. The molecule has 1 aliphatic rings.